The molecule has 0 N–H and O–H groups in total. The van der Waals surface area contributed by atoms with E-state index < -0.39 is 0 Å². The number of ether oxygens (including phenoxy) is 1. The van der Waals surface area contributed by atoms with Crippen LogP contribution in [0.15, 0.2) is 30.7 Å². The fraction of sp³-hybridized carbons (Fsp3) is 0.500. The number of hydrogen-bond acceptors (Lipinski definition) is 4. The summed E-state index contributed by atoms with van der Waals surface area (Å²) in [6.07, 6.45) is 8.53. The standard InChI is InChI=1S/C18H22N4O2/c1-21-9-14-10-22(17(23)7-13-4-5-13)11-15(18(14)20-21)12-24-16-3-2-6-19-8-16/h2-3,6,8-9,13,15H,4-5,7,10-12H2,1H3/t15-/m0/s1. The van der Waals surface area contributed by atoms with Crippen LogP contribution in [0.5, 0.6) is 5.75 Å². The van der Waals surface area contributed by atoms with E-state index >= 15 is 0 Å². The maximum Gasteiger partial charge on any atom is 0.223 e. The van der Waals surface area contributed by atoms with E-state index in [1.807, 2.05) is 35.0 Å². The zero-order valence-electron chi connectivity index (χ0n) is 13.9. The fourth-order valence-electron chi connectivity index (χ4n) is 3.29. The monoisotopic (exact) mass is 326 g/mol. The van der Waals surface area contributed by atoms with Crippen molar-refractivity contribution in [2.45, 2.75) is 31.7 Å². The highest BCUT2D eigenvalue weighted by molar-refractivity contribution is 5.77. The van der Waals surface area contributed by atoms with E-state index in [2.05, 4.69) is 10.1 Å². The van der Waals surface area contributed by atoms with Gasteiger partial charge in [-0.15, -0.1) is 0 Å². The molecule has 0 saturated heterocycles. The van der Waals surface area contributed by atoms with E-state index in [9.17, 15) is 4.79 Å². The Morgan fingerprint density at radius 3 is 3.04 bits per heavy atom. The van der Waals surface area contributed by atoms with Crippen molar-refractivity contribution in [3.63, 3.8) is 0 Å². The first kappa shape index (κ1) is 15.2. The molecule has 1 atom stereocenters. The number of hydrogen-bond donors (Lipinski definition) is 0. The second-order valence-electron chi connectivity index (χ2n) is 6.83. The average Bonchev–Trinajstić information content (AvgIpc) is 3.31. The van der Waals surface area contributed by atoms with Gasteiger partial charge in [-0.2, -0.15) is 5.10 Å². The van der Waals surface area contributed by atoms with Crippen molar-refractivity contribution in [1.29, 1.82) is 0 Å². The molecule has 0 spiro atoms. The molecule has 4 rings (SSSR count). The van der Waals surface area contributed by atoms with E-state index in [1.54, 1.807) is 12.4 Å². The Morgan fingerprint density at radius 1 is 1.42 bits per heavy atom. The summed E-state index contributed by atoms with van der Waals surface area (Å²) in [4.78, 5) is 18.6. The molecule has 1 fully saturated rings. The molecule has 0 radical (unpaired) electrons. The van der Waals surface area contributed by atoms with Crippen LogP contribution in [0.2, 0.25) is 0 Å². The van der Waals surface area contributed by atoms with E-state index in [0.29, 0.717) is 32.0 Å². The Bertz CT molecular complexity index is 724. The summed E-state index contributed by atoms with van der Waals surface area (Å²) in [6.45, 7) is 1.84. The van der Waals surface area contributed by atoms with Gasteiger partial charge in [0.15, 0.2) is 0 Å². The van der Waals surface area contributed by atoms with Gasteiger partial charge >= 0.3 is 0 Å². The van der Waals surface area contributed by atoms with Crippen molar-refractivity contribution in [1.82, 2.24) is 19.7 Å². The molecule has 126 valence electrons. The first-order chi connectivity index (χ1) is 11.7. The third kappa shape index (κ3) is 3.27. The Morgan fingerprint density at radius 2 is 2.29 bits per heavy atom. The predicted octanol–water partition coefficient (Wildman–Crippen LogP) is 2.12. The molecule has 3 heterocycles. The maximum atomic E-state index is 12.5. The Balaban J connectivity index is 1.49. The third-order valence-corrected chi connectivity index (χ3v) is 4.72. The fourth-order valence-corrected chi connectivity index (χ4v) is 3.29. The van der Waals surface area contributed by atoms with Crippen molar-refractivity contribution in [2.24, 2.45) is 13.0 Å². The van der Waals surface area contributed by atoms with Gasteiger partial charge in [0, 0.05) is 44.5 Å². The Labute approximate surface area is 141 Å². The van der Waals surface area contributed by atoms with Gasteiger partial charge in [-0.3, -0.25) is 14.5 Å². The van der Waals surface area contributed by atoms with Crippen LogP contribution in [-0.2, 0) is 18.4 Å². The maximum absolute atomic E-state index is 12.5. The van der Waals surface area contributed by atoms with Gasteiger partial charge in [0.1, 0.15) is 5.75 Å². The first-order valence-electron chi connectivity index (χ1n) is 8.52. The summed E-state index contributed by atoms with van der Waals surface area (Å²) in [7, 11) is 1.92. The van der Waals surface area contributed by atoms with Crippen molar-refractivity contribution in [3.05, 3.63) is 42.0 Å². The molecular weight excluding hydrogens is 304 g/mol. The van der Waals surface area contributed by atoms with Crippen LogP contribution in [0.1, 0.15) is 36.4 Å². The van der Waals surface area contributed by atoms with Crippen molar-refractivity contribution >= 4 is 5.91 Å². The smallest absolute Gasteiger partial charge is 0.223 e. The van der Waals surface area contributed by atoms with Crippen molar-refractivity contribution in [3.8, 4) is 5.75 Å². The van der Waals surface area contributed by atoms with E-state index in [-0.39, 0.29) is 11.8 Å². The van der Waals surface area contributed by atoms with Crippen molar-refractivity contribution in [2.75, 3.05) is 13.2 Å². The number of amides is 1. The quantitative estimate of drug-likeness (QED) is 0.844. The van der Waals surface area contributed by atoms with Gasteiger partial charge in [-0.05, 0) is 30.9 Å². The highest BCUT2D eigenvalue weighted by atomic mass is 16.5. The van der Waals surface area contributed by atoms with Crippen molar-refractivity contribution < 1.29 is 9.53 Å². The third-order valence-electron chi connectivity index (χ3n) is 4.72. The minimum Gasteiger partial charge on any atom is -0.491 e. The van der Waals surface area contributed by atoms with Crippen LogP contribution >= 0.6 is 0 Å². The zero-order chi connectivity index (χ0) is 16.5. The van der Waals surface area contributed by atoms with Gasteiger partial charge in [0.2, 0.25) is 5.91 Å². The molecule has 24 heavy (non-hydrogen) atoms. The number of rotatable bonds is 5. The summed E-state index contributed by atoms with van der Waals surface area (Å²) in [5.74, 6) is 1.71. The van der Waals surface area contributed by atoms with E-state index in [4.69, 9.17) is 4.74 Å². The normalized spacial score (nSPS) is 19.9. The second kappa shape index (κ2) is 6.26. The zero-order valence-corrected chi connectivity index (χ0v) is 13.9. The lowest BCUT2D eigenvalue weighted by atomic mass is 9.97. The van der Waals surface area contributed by atoms with Gasteiger partial charge < -0.3 is 9.64 Å². The highest BCUT2D eigenvalue weighted by Crippen LogP contribution is 2.34. The number of carbonyl (C=O) groups is 1. The average molecular weight is 326 g/mol. The largest absolute Gasteiger partial charge is 0.491 e. The molecule has 0 aromatic carbocycles. The molecule has 2 aliphatic rings. The van der Waals surface area contributed by atoms with Crippen LogP contribution < -0.4 is 4.74 Å². The van der Waals surface area contributed by atoms with Gasteiger partial charge in [-0.1, -0.05) is 0 Å². The van der Waals surface area contributed by atoms with Crippen LogP contribution in [0, 0.1) is 5.92 Å². The van der Waals surface area contributed by atoms with Crippen LogP contribution in [0.3, 0.4) is 0 Å². The van der Waals surface area contributed by atoms with Gasteiger partial charge in [-0.25, -0.2) is 0 Å². The summed E-state index contributed by atoms with van der Waals surface area (Å²) in [5.41, 5.74) is 2.18. The Hall–Kier alpha value is -2.37. The number of pyridine rings is 1. The molecule has 1 aliphatic carbocycles. The number of fused-ring (bicyclic) bond motifs is 1. The summed E-state index contributed by atoms with van der Waals surface area (Å²) in [6, 6.07) is 3.75. The number of aromatic nitrogens is 3. The second-order valence-corrected chi connectivity index (χ2v) is 6.83. The van der Waals surface area contributed by atoms with Crippen LogP contribution in [0.4, 0.5) is 0 Å². The molecular formula is C18H22N4O2. The minimum absolute atomic E-state index is 0.0957. The van der Waals surface area contributed by atoms with Gasteiger partial charge in [0.05, 0.1) is 24.4 Å². The highest BCUT2D eigenvalue weighted by Gasteiger charge is 2.33. The Kier molecular flexibility index (Phi) is 3.96. The van der Waals surface area contributed by atoms with Crippen LogP contribution in [-0.4, -0.2) is 38.7 Å². The molecule has 2 aromatic rings. The molecule has 0 bridgehead atoms. The summed E-state index contributed by atoms with van der Waals surface area (Å²) >= 11 is 0. The molecule has 1 saturated carbocycles. The number of carbonyl (C=O) groups excluding carboxylic acids is 1. The molecule has 2 aromatic heterocycles. The molecule has 0 unspecified atom stereocenters. The van der Waals surface area contributed by atoms with Gasteiger partial charge in [0.25, 0.3) is 0 Å². The minimum atomic E-state index is 0.0957. The van der Waals surface area contributed by atoms with Crippen LogP contribution in [0.25, 0.3) is 0 Å². The SMILES string of the molecule is Cn1cc2c(n1)[C@H](COc1cccnc1)CN(C(=O)CC1CC1)C2. The number of aryl methyl sites for hydroxylation is 1. The predicted molar refractivity (Wildman–Crippen MR) is 88.4 cm³/mol. The van der Waals surface area contributed by atoms with E-state index in [0.717, 1.165) is 17.0 Å². The molecule has 1 aliphatic heterocycles. The molecule has 1 amide bonds. The summed E-state index contributed by atoms with van der Waals surface area (Å²) in [5, 5.41) is 4.60. The van der Waals surface area contributed by atoms with E-state index in [1.165, 1.54) is 12.8 Å². The first-order valence-corrected chi connectivity index (χ1v) is 8.52. The number of nitrogens with zero attached hydrogens (tertiary/aromatic N) is 4. The lowest BCUT2D eigenvalue weighted by molar-refractivity contribution is -0.133. The lowest BCUT2D eigenvalue weighted by Crippen LogP contribution is -2.39. The molecule has 6 heteroatoms. The summed E-state index contributed by atoms with van der Waals surface area (Å²) < 4.78 is 7.71. The molecule has 6 nitrogen and oxygen atoms in total. The topological polar surface area (TPSA) is 60.2 Å². The lowest BCUT2D eigenvalue weighted by Gasteiger charge is -2.32.